The SMILES string of the molecule is O=C(C1CCN(Cc2cccc3ccccc23)CC1)N1CCN(c2cccc(Cl)c2)CC1. The Hall–Kier alpha value is -2.56. The number of rotatable bonds is 4. The van der Waals surface area contributed by atoms with Crippen molar-refractivity contribution >= 4 is 34.0 Å². The Morgan fingerprint density at radius 1 is 0.844 bits per heavy atom. The maximum Gasteiger partial charge on any atom is 0.225 e. The largest absolute Gasteiger partial charge is 0.368 e. The molecule has 1 amide bonds. The van der Waals surface area contributed by atoms with Crippen molar-refractivity contribution in [3.05, 3.63) is 77.3 Å². The van der Waals surface area contributed by atoms with Crippen molar-refractivity contribution in [2.45, 2.75) is 19.4 Å². The molecule has 0 aliphatic carbocycles. The van der Waals surface area contributed by atoms with Crippen LogP contribution in [0.2, 0.25) is 5.02 Å². The van der Waals surface area contributed by atoms with Crippen LogP contribution in [0.1, 0.15) is 18.4 Å². The number of likely N-dealkylation sites (tertiary alicyclic amines) is 1. The Bertz CT molecular complexity index is 1080. The van der Waals surface area contributed by atoms with Crippen LogP contribution in [0.4, 0.5) is 5.69 Å². The minimum atomic E-state index is 0.163. The van der Waals surface area contributed by atoms with Crippen molar-refractivity contribution in [1.82, 2.24) is 9.80 Å². The first-order chi connectivity index (χ1) is 15.7. The second-order valence-electron chi connectivity index (χ2n) is 8.98. The number of carbonyl (C=O) groups excluding carboxylic acids is 1. The molecule has 5 heteroatoms. The van der Waals surface area contributed by atoms with Crippen LogP contribution in [0.3, 0.4) is 0 Å². The van der Waals surface area contributed by atoms with Gasteiger partial charge in [0.2, 0.25) is 5.91 Å². The zero-order valence-electron chi connectivity index (χ0n) is 18.4. The van der Waals surface area contributed by atoms with Crippen LogP contribution in [0, 0.1) is 5.92 Å². The molecule has 5 rings (SSSR count). The Balaban J connectivity index is 1.13. The van der Waals surface area contributed by atoms with E-state index in [0.717, 1.165) is 69.4 Å². The minimum absolute atomic E-state index is 0.163. The average molecular weight is 448 g/mol. The van der Waals surface area contributed by atoms with E-state index in [-0.39, 0.29) is 5.92 Å². The molecule has 0 unspecified atom stereocenters. The van der Waals surface area contributed by atoms with Gasteiger partial charge in [0, 0.05) is 49.4 Å². The minimum Gasteiger partial charge on any atom is -0.368 e. The number of fused-ring (bicyclic) bond motifs is 1. The van der Waals surface area contributed by atoms with Gasteiger partial charge in [-0.25, -0.2) is 0 Å². The summed E-state index contributed by atoms with van der Waals surface area (Å²) in [5, 5.41) is 3.40. The summed E-state index contributed by atoms with van der Waals surface area (Å²) in [5.74, 6) is 0.511. The number of hydrogen-bond donors (Lipinski definition) is 0. The predicted octanol–water partition coefficient (Wildman–Crippen LogP) is 5.05. The maximum absolute atomic E-state index is 13.2. The Kier molecular flexibility index (Phi) is 6.33. The monoisotopic (exact) mass is 447 g/mol. The first-order valence-corrected chi connectivity index (χ1v) is 12.0. The van der Waals surface area contributed by atoms with Crippen LogP contribution in [0.25, 0.3) is 10.8 Å². The van der Waals surface area contributed by atoms with Gasteiger partial charge in [-0.1, -0.05) is 60.1 Å². The summed E-state index contributed by atoms with van der Waals surface area (Å²) in [5.41, 5.74) is 2.52. The van der Waals surface area contributed by atoms with Gasteiger partial charge < -0.3 is 9.80 Å². The number of piperidine rings is 1. The Labute approximate surface area is 195 Å². The molecule has 0 radical (unpaired) electrons. The molecule has 0 aromatic heterocycles. The smallest absolute Gasteiger partial charge is 0.225 e. The molecule has 0 bridgehead atoms. The number of piperazine rings is 1. The van der Waals surface area contributed by atoms with E-state index in [2.05, 4.69) is 63.2 Å². The van der Waals surface area contributed by atoms with Crippen molar-refractivity contribution in [2.75, 3.05) is 44.2 Å². The standard InChI is InChI=1S/C27H30ClN3O/c28-24-8-4-9-25(19-24)30-15-17-31(18-16-30)27(32)22-11-13-29(14-12-22)20-23-7-3-6-21-5-1-2-10-26(21)23/h1-10,19,22H,11-18,20H2. The van der Waals surface area contributed by atoms with Crippen LogP contribution in [-0.4, -0.2) is 55.0 Å². The van der Waals surface area contributed by atoms with Gasteiger partial charge in [-0.3, -0.25) is 9.69 Å². The van der Waals surface area contributed by atoms with Crippen LogP contribution < -0.4 is 4.90 Å². The molecule has 3 aromatic rings. The topological polar surface area (TPSA) is 26.8 Å². The van der Waals surface area contributed by atoms with Gasteiger partial charge in [-0.05, 0) is 60.5 Å². The highest BCUT2D eigenvalue weighted by atomic mass is 35.5. The van der Waals surface area contributed by atoms with Crippen LogP contribution in [-0.2, 0) is 11.3 Å². The fourth-order valence-corrected chi connectivity index (χ4v) is 5.31. The zero-order chi connectivity index (χ0) is 21.9. The molecule has 2 saturated heterocycles. The summed E-state index contributed by atoms with van der Waals surface area (Å²) in [6.45, 7) is 6.26. The number of carbonyl (C=O) groups is 1. The molecular weight excluding hydrogens is 418 g/mol. The molecule has 2 aliphatic rings. The molecule has 3 aromatic carbocycles. The van der Waals surface area contributed by atoms with Gasteiger partial charge in [-0.15, -0.1) is 0 Å². The lowest BCUT2D eigenvalue weighted by Crippen LogP contribution is -2.51. The van der Waals surface area contributed by atoms with Crippen molar-refractivity contribution in [2.24, 2.45) is 5.92 Å². The summed E-state index contributed by atoms with van der Waals surface area (Å²) in [6, 6.07) is 23.1. The third kappa shape index (κ3) is 4.62. The van der Waals surface area contributed by atoms with Gasteiger partial charge in [0.25, 0.3) is 0 Å². The maximum atomic E-state index is 13.2. The van der Waals surface area contributed by atoms with E-state index in [1.54, 1.807) is 0 Å². The van der Waals surface area contributed by atoms with E-state index in [1.807, 2.05) is 18.2 Å². The summed E-state index contributed by atoms with van der Waals surface area (Å²) < 4.78 is 0. The molecule has 0 saturated carbocycles. The first-order valence-electron chi connectivity index (χ1n) is 11.7. The number of anilines is 1. The molecule has 0 N–H and O–H groups in total. The highest BCUT2D eigenvalue weighted by molar-refractivity contribution is 6.30. The lowest BCUT2D eigenvalue weighted by atomic mass is 9.94. The molecule has 0 atom stereocenters. The van der Waals surface area contributed by atoms with E-state index >= 15 is 0 Å². The molecule has 166 valence electrons. The summed E-state index contributed by atoms with van der Waals surface area (Å²) >= 11 is 6.14. The number of halogens is 1. The molecule has 32 heavy (non-hydrogen) atoms. The summed E-state index contributed by atoms with van der Waals surface area (Å²) in [4.78, 5) is 20.1. The van der Waals surface area contributed by atoms with E-state index in [0.29, 0.717) is 5.91 Å². The predicted molar refractivity (Wildman–Crippen MR) is 132 cm³/mol. The Morgan fingerprint density at radius 2 is 1.56 bits per heavy atom. The lowest BCUT2D eigenvalue weighted by Gasteiger charge is -2.39. The summed E-state index contributed by atoms with van der Waals surface area (Å²) in [7, 11) is 0. The first kappa shape index (κ1) is 21.3. The molecule has 2 fully saturated rings. The van der Waals surface area contributed by atoms with Crippen molar-refractivity contribution in [1.29, 1.82) is 0 Å². The average Bonchev–Trinajstić information content (AvgIpc) is 2.84. The number of benzene rings is 3. The van der Waals surface area contributed by atoms with E-state index in [9.17, 15) is 4.79 Å². The molecule has 2 aliphatic heterocycles. The third-order valence-corrected chi connectivity index (χ3v) is 7.21. The van der Waals surface area contributed by atoms with Crippen LogP contribution in [0.5, 0.6) is 0 Å². The highest BCUT2D eigenvalue weighted by Gasteiger charge is 2.30. The quantitative estimate of drug-likeness (QED) is 0.559. The fourth-order valence-electron chi connectivity index (χ4n) is 5.13. The van der Waals surface area contributed by atoms with E-state index in [1.165, 1.54) is 16.3 Å². The number of hydrogen-bond acceptors (Lipinski definition) is 3. The third-order valence-electron chi connectivity index (χ3n) is 6.98. The highest BCUT2D eigenvalue weighted by Crippen LogP contribution is 2.26. The van der Waals surface area contributed by atoms with Crippen molar-refractivity contribution in [3.8, 4) is 0 Å². The van der Waals surface area contributed by atoms with Gasteiger partial charge in [0.05, 0.1) is 0 Å². The summed E-state index contributed by atoms with van der Waals surface area (Å²) in [6.07, 6.45) is 1.91. The second-order valence-corrected chi connectivity index (χ2v) is 9.42. The van der Waals surface area contributed by atoms with Crippen molar-refractivity contribution < 1.29 is 4.79 Å². The van der Waals surface area contributed by atoms with Gasteiger partial charge in [0.15, 0.2) is 0 Å². The number of nitrogens with zero attached hydrogens (tertiary/aromatic N) is 3. The molecule has 0 spiro atoms. The Morgan fingerprint density at radius 3 is 2.34 bits per heavy atom. The van der Waals surface area contributed by atoms with Crippen LogP contribution >= 0.6 is 11.6 Å². The second kappa shape index (κ2) is 9.51. The van der Waals surface area contributed by atoms with Crippen LogP contribution in [0.15, 0.2) is 66.7 Å². The lowest BCUT2D eigenvalue weighted by molar-refractivity contribution is -0.137. The fraction of sp³-hybridized carbons (Fsp3) is 0.370. The molecule has 4 nitrogen and oxygen atoms in total. The van der Waals surface area contributed by atoms with E-state index < -0.39 is 0 Å². The normalized spacial score (nSPS) is 18.3. The molecular formula is C27H30ClN3O. The van der Waals surface area contributed by atoms with Crippen molar-refractivity contribution in [3.63, 3.8) is 0 Å². The van der Waals surface area contributed by atoms with Gasteiger partial charge in [0.1, 0.15) is 0 Å². The van der Waals surface area contributed by atoms with E-state index in [4.69, 9.17) is 11.6 Å². The van der Waals surface area contributed by atoms with Gasteiger partial charge >= 0.3 is 0 Å². The zero-order valence-corrected chi connectivity index (χ0v) is 19.2. The van der Waals surface area contributed by atoms with Gasteiger partial charge in [-0.2, -0.15) is 0 Å². The molecule has 2 heterocycles. The number of amides is 1.